The number of fused-ring (bicyclic) bond motifs is 1. The van der Waals surface area contributed by atoms with Gasteiger partial charge in [-0.1, -0.05) is 17.7 Å². The van der Waals surface area contributed by atoms with Crippen LogP contribution >= 0.6 is 11.6 Å². The van der Waals surface area contributed by atoms with E-state index in [4.69, 9.17) is 16.3 Å². The van der Waals surface area contributed by atoms with Crippen molar-refractivity contribution in [1.29, 1.82) is 0 Å². The molecule has 0 radical (unpaired) electrons. The predicted molar refractivity (Wildman–Crippen MR) is 76.9 cm³/mol. The summed E-state index contributed by atoms with van der Waals surface area (Å²) in [4.78, 5) is 16.2. The van der Waals surface area contributed by atoms with Crippen LogP contribution in [0.2, 0.25) is 5.15 Å². The first kappa shape index (κ1) is 13.1. The zero-order valence-corrected chi connectivity index (χ0v) is 11.7. The summed E-state index contributed by atoms with van der Waals surface area (Å²) in [5.74, 6) is -0.164. The van der Waals surface area contributed by atoms with Crippen LogP contribution in [0.5, 0.6) is 0 Å². The molecule has 0 fully saturated rings. The molecule has 0 aliphatic carbocycles. The first-order valence-corrected chi connectivity index (χ1v) is 6.64. The first-order valence-electron chi connectivity index (χ1n) is 6.26. The Morgan fingerprint density at radius 3 is 2.90 bits per heavy atom. The smallest absolute Gasteiger partial charge is 0.255 e. The summed E-state index contributed by atoms with van der Waals surface area (Å²) >= 11 is 5.86. The largest absolute Gasteiger partial charge is 0.372 e. The standard InChI is InChI=1S/C15H13ClN2O2/c1-9-4-13(6-17-14(9)16)18-15(19)10-2-3-11-7-20-8-12(11)5-10/h2-6H,7-8H2,1H3,(H,18,19). The van der Waals surface area contributed by atoms with Gasteiger partial charge >= 0.3 is 0 Å². The fourth-order valence-corrected chi connectivity index (χ4v) is 2.25. The van der Waals surface area contributed by atoms with Crippen molar-refractivity contribution < 1.29 is 9.53 Å². The van der Waals surface area contributed by atoms with Crippen LogP contribution in [0.25, 0.3) is 0 Å². The second-order valence-electron chi connectivity index (χ2n) is 4.76. The van der Waals surface area contributed by atoms with Crippen LogP contribution in [0.4, 0.5) is 5.69 Å². The molecule has 1 amide bonds. The number of ether oxygens (including phenoxy) is 1. The monoisotopic (exact) mass is 288 g/mol. The third kappa shape index (κ3) is 2.53. The van der Waals surface area contributed by atoms with Gasteiger partial charge in [0.15, 0.2) is 0 Å². The van der Waals surface area contributed by atoms with E-state index < -0.39 is 0 Å². The van der Waals surface area contributed by atoms with E-state index in [1.165, 1.54) is 0 Å². The Bertz CT molecular complexity index is 686. The van der Waals surface area contributed by atoms with Crippen LogP contribution in [0, 0.1) is 6.92 Å². The van der Waals surface area contributed by atoms with E-state index in [2.05, 4.69) is 10.3 Å². The van der Waals surface area contributed by atoms with Crippen molar-refractivity contribution in [3.63, 3.8) is 0 Å². The summed E-state index contributed by atoms with van der Waals surface area (Å²) in [6.45, 7) is 3.04. The number of carbonyl (C=O) groups excluding carboxylic acids is 1. The van der Waals surface area contributed by atoms with Gasteiger partial charge in [-0.15, -0.1) is 0 Å². The minimum absolute atomic E-state index is 0.164. The van der Waals surface area contributed by atoms with E-state index in [1.54, 1.807) is 18.3 Å². The Hall–Kier alpha value is -1.91. The second-order valence-corrected chi connectivity index (χ2v) is 5.12. The van der Waals surface area contributed by atoms with Gasteiger partial charge in [0.05, 0.1) is 25.1 Å². The number of benzene rings is 1. The molecule has 102 valence electrons. The molecule has 2 heterocycles. The van der Waals surface area contributed by atoms with E-state index in [0.29, 0.717) is 29.6 Å². The Balaban J connectivity index is 1.80. The maximum absolute atomic E-state index is 12.2. The van der Waals surface area contributed by atoms with Gasteiger partial charge in [0.25, 0.3) is 5.91 Å². The molecule has 20 heavy (non-hydrogen) atoms. The van der Waals surface area contributed by atoms with Gasteiger partial charge in [-0.05, 0) is 41.8 Å². The molecule has 0 saturated heterocycles. The number of pyridine rings is 1. The summed E-state index contributed by atoms with van der Waals surface area (Å²) in [5.41, 5.74) is 4.29. The van der Waals surface area contributed by atoms with Crippen molar-refractivity contribution in [2.24, 2.45) is 0 Å². The van der Waals surface area contributed by atoms with Crippen molar-refractivity contribution in [3.8, 4) is 0 Å². The fraction of sp³-hybridized carbons (Fsp3) is 0.200. The average molecular weight is 289 g/mol. The molecule has 5 heteroatoms. The van der Waals surface area contributed by atoms with Crippen molar-refractivity contribution in [2.75, 3.05) is 5.32 Å². The Morgan fingerprint density at radius 2 is 2.10 bits per heavy atom. The van der Waals surface area contributed by atoms with Crippen molar-refractivity contribution in [3.05, 3.63) is 57.9 Å². The lowest BCUT2D eigenvalue weighted by atomic mass is 10.1. The molecule has 2 aromatic rings. The van der Waals surface area contributed by atoms with Crippen molar-refractivity contribution in [1.82, 2.24) is 4.98 Å². The normalized spacial score (nSPS) is 13.1. The predicted octanol–water partition coefficient (Wildman–Crippen LogP) is 3.33. The Kier molecular flexibility index (Phi) is 3.42. The van der Waals surface area contributed by atoms with Gasteiger partial charge in [-0.25, -0.2) is 4.98 Å². The lowest BCUT2D eigenvalue weighted by molar-refractivity contribution is 0.102. The molecule has 1 aliphatic rings. The zero-order valence-electron chi connectivity index (χ0n) is 10.9. The molecule has 0 spiro atoms. The molecule has 1 aliphatic heterocycles. The number of carbonyl (C=O) groups is 1. The molecule has 1 aromatic heterocycles. The molecule has 1 N–H and O–H groups in total. The number of rotatable bonds is 2. The number of halogens is 1. The average Bonchev–Trinajstić information content (AvgIpc) is 2.90. The van der Waals surface area contributed by atoms with E-state index >= 15 is 0 Å². The number of anilines is 1. The van der Waals surface area contributed by atoms with Gasteiger partial charge in [0.2, 0.25) is 0 Å². The molecule has 0 bridgehead atoms. The molecular formula is C15H13ClN2O2. The van der Waals surface area contributed by atoms with Crippen LogP contribution in [0.3, 0.4) is 0 Å². The highest BCUT2D eigenvalue weighted by molar-refractivity contribution is 6.30. The minimum atomic E-state index is -0.164. The molecular weight excluding hydrogens is 276 g/mol. The third-order valence-corrected chi connectivity index (χ3v) is 3.65. The number of aromatic nitrogens is 1. The highest BCUT2D eigenvalue weighted by Gasteiger charge is 2.14. The third-order valence-electron chi connectivity index (χ3n) is 3.26. The van der Waals surface area contributed by atoms with Crippen LogP contribution in [-0.2, 0) is 18.0 Å². The molecule has 3 rings (SSSR count). The molecule has 4 nitrogen and oxygen atoms in total. The fourth-order valence-electron chi connectivity index (χ4n) is 2.14. The van der Waals surface area contributed by atoms with Crippen molar-refractivity contribution in [2.45, 2.75) is 20.1 Å². The van der Waals surface area contributed by atoms with E-state index in [-0.39, 0.29) is 5.91 Å². The van der Waals surface area contributed by atoms with Gasteiger partial charge in [-0.3, -0.25) is 4.79 Å². The summed E-state index contributed by atoms with van der Waals surface area (Å²) in [7, 11) is 0. The van der Waals surface area contributed by atoms with Crippen LogP contribution in [0.1, 0.15) is 27.0 Å². The highest BCUT2D eigenvalue weighted by atomic mass is 35.5. The van der Waals surface area contributed by atoms with E-state index in [1.807, 2.05) is 19.1 Å². The Morgan fingerprint density at radius 1 is 1.30 bits per heavy atom. The number of aryl methyl sites for hydroxylation is 1. The van der Waals surface area contributed by atoms with Crippen LogP contribution in [-0.4, -0.2) is 10.9 Å². The first-order chi connectivity index (χ1) is 9.63. The van der Waals surface area contributed by atoms with Crippen LogP contribution < -0.4 is 5.32 Å². The van der Waals surface area contributed by atoms with Crippen molar-refractivity contribution >= 4 is 23.2 Å². The number of nitrogens with one attached hydrogen (secondary N) is 1. The number of hydrogen-bond acceptors (Lipinski definition) is 3. The Labute approximate surface area is 121 Å². The lowest BCUT2D eigenvalue weighted by Crippen LogP contribution is -2.12. The topological polar surface area (TPSA) is 51.2 Å². The van der Waals surface area contributed by atoms with Gasteiger partial charge in [0.1, 0.15) is 5.15 Å². The van der Waals surface area contributed by atoms with Gasteiger partial charge in [0, 0.05) is 5.56 Å². The summed E-state index contributed by atoms with van der Waals surface area (Å²) in [6, 6.07) is 7.40. The van der Waals surface area contributed by atoms with E-state index in [0.717, 1.165) is 16.7 Å². The molecule has 0 saturated carbocycles. The quantitative estimate of drug-likeness (QED) is 0.863. The second kappa shape index (κ2) is 5.23. The van der Waals surface area contributed by atoms with Gasteiger partial charge in [-0.2, -0.15) is 0 Å². The summed E-state index contributed by atoms with van der Waals surface area (Å²) in [5, 5.41) is 3.26. The number of nitrogens with zero attached hydrogens (tertiary/aromatic N) is 1. The van der Waals surface area contributed by atoms with Gasteiger partial charge < -0.3 is 10.1 Å². The molecule has 0 atom stereocenters. The lowest BCUT2D eigenvalue weighted by Gasteiger charge is -2.07. The molecule has 1 aromatic carbocycles. The van der Waals surface area contributed by atoms with E-state index in [9.17, 15) is 4.79 Å². The highest BCUT2D eigenvalue weighted by Crippen LogP contribution is 2.22. The SMILES string of the molecule is Cc1cc(NC(=O)c2ccc3c(c2)COC3)cnc1Cl. The summed E-state index contributed by atoms with van der Waals surface area (Å²) < 4.78 is 5.34. The molecule has 0 unspecified atom stereocenters. The zero-order chi connectivity index (χ0) is 14.1. The minimum Gasteiger partial charge on any atom is -0.372 e. The number of hydrogen-bond donors (Lipinski definition) is 1. The maximum Gasteiger partial charge on any atom is 0.255 e. The summed E-state index contributed by atoms with van der Waals surface area (Å²) in [6.07, 6.45) is 1.55. The van der Waals surface area contributed by atoms with Crippen LogP contribution in [0.15, 0.2) is 30.5 Å². The number of amides is 1. The maximum atomic E-state index is 12.2.